The van der Waals surface area contributed by atoms with Crippen molar-refractivity contribution in [3.05, 3.63) is 119 Å². The molecule has 0 amide bonds. The van der Waals surface area contributed by atoms with Crippen LogP contribution in [0.4, 0.5) is 0 Å². The fourth-order valence-corrected chi connectivity index (χ4v) is 5.47. The molecule has 1 spiro atoms. The summed E-state index contributed by atoms with van der Waals surface area (Å²) in [6, 6.07) is 26.3. The Morgan fingerprint density at radius 3 is 1.81 bits per heavy atom. The van der Waals surface area contributed by atoms with Gasteiger partial charge in [0.2, 0.25) is 0 Å². The molecule has 2 atom stereocenters. The molecule has 0 saturated heterocycles. The number of allylic oxidation sites excluding steroid dienone is 1. The van der Waals surface area contributed by atoms with Crippen LogP contribution in [0.15, 0.2) is 96.6 Å². The lowest BCUT2D eigenvalue weighted by Gasteiger charge is -2.44. The average Bonchev–Trinajstić information content (AvgIpc) is 3.07. The number of Topliss-reactive ketones (excluding diaryl/α,β-unsaturated/α-hetero) is 2. The maximum atomic E-state index is 14.1. The SMILES string of the molecule is COC(=O)C1=CC[C@H](c2ccccc2)[C@@H](c2ccccc2)C12C(=O)c1ccccc1C2=O. The first-order valence-electron chi connectivity index (χ1n) is 10.7. The highest BCUT2D eigenvalue weighted by atomic mass is 16.5. The molecule has 4 nitrogen and oxygen atoms in total. The van der Waals surface area contributed by atoms with Gasteiger partial charge in [0, 0.05) is 17.0 Å². The number of ether oxygens (including phenoxy) is 1. The van der Waals surface area contributed by atoms with Crippen LogP contribution in [0.2, 0.25) is 0 Å². The normalized spacial score (nSPS) is 21.2. The van der Waals surface area contributed by atoms with E-state index in [-0.39, 0.29) is 23.1 Å². The van der Waals surface area contributed by atoms with Crippen molar-refractivity contribution >= 4 is 17.5 Å². The van der Waals surface area contributed by atoms with Crippen LogP contribution in [-0.2, 0) is 9.53 Å². The minimum absolute atomic E-state index is 0.146. The second-order valence-corrected chi connectivity index (χ2v) is 8.26. The lowest BCUT2D eigenvalue weighted by atomic mass is 9.55. The van der Waals surface area contributed by atoms with Crippen LogP contribution >= 0.6 is 0 Å². The van der Waals surface area contributed by atoms with Crippen molar-refractivity contribution in [3.8, 4) is 0 Å². The van der Waals surface area contributed by atoms with Gasteiger partial charge in [0.1, 0.15) is 5.41 Å². The van der Waals surface area contributed by atoms with Crippen molar-refractivity contribution in [2.75, 3.05) is 7.11 Å². The van der Waals surface area contributed by atoms with Crippen molar-refractivity contribution in [1.29, 1.82) is 0 Å². The number of hydrogen-bond donors (Lipinski definition) is 0. The number of ketones is 2. The average molecular weight is 422 g/mol. The summed E-state index contributed by atoms with van der Waals surface area (Å²) >= 11 is 0. The third-order valence-corrected chi connectivity index (χ3v) is 6.79. The molecule has 2 aliphatic carbocycles. The largest absolute Gasteiger partial charge is 0.466 e. The van der Waals surface area contributed by atoms with Gasteiger partial charge in [-0.1, -0.05) is 91.0 Å². The molecule has 0 fully saturated rings. The second kappa shape index (κ2) is 7.72. The fourth-order valence-electron chi connectivity index (χ4n) is 5.47. The van der Waals surface area contributed by atoms with Crippen molar-refractivity contribution in [2.45, 2.75) is 18.3 Å². The van der Waals surface area contributed by atoms with E-state index in [0.717, 1.165) is 11.1 Å². The zero-order chi connectivity index (χ0) is 22.3. The van der Waals surface area contributed by atoms with Gasteiger partial charge in [0.15, 0.2) is 11.6 Å². The molecule has 0 aliphatic heterocycles. The number of fused-ring (bicyclic) bond motifs is 1. The van der Waals surface area contributed by atoms with Gasteiger partial charge in [-0.05, 0) is 23.5 Å². The van der Waals surface area contributed by atoms with Crippen molar-refractivity contribution in [1.82, 2.24) is 0 Å². The van der Waals surface area contributed by atoms with E-state index in [9.17, 15) is 14.4 Å². The standard InChI is InChI=1S/C28H22O4/c1-32-27(31)23-17-16-20(18-10-4-2-5-11-18)24(19-12-6-3-7-13-19)28(23)25(29)21-14-8-9-15-22(21)26(28)30/h2-15,17,20,24H,16H2,1H3/t20-,24-/m1/s1. The number of hydrogen-bond acceptors (Lipinski definition) is 4. The summed E-state index contributed by atoms with van der Waals surface area (Å²) in [5, 5.41) is 0. The Hall–Kier alpha value is -3.79. The van der Waals surface area contributed by atoms with Gasteiger partial charge in [-0.3, -0.25) is 9.59 Å². The summed E-state index contributed by atoms with van der Waals surface area (Å²) < 4.78 is 5.09. The minimum atomic E-state index is -1.66. The van der Waals surface area contributed by atoms with Gasteiger partial charge in [-0.15, -0.1) is 0 Å². The van der Waals surface area contributed by atoms with Gasteiger partial charge in [-0.25, -0.2) is 4.79 Å². The third-order valence-electron chi connectivity index (χ3n) is 6.79. The number of esters is 1. The van der Waals surface area contributed by atoms with E-state index >= 15 is 0 Å². The fraction of sp³-hybridized carbons (Fsp3) is 0.179. The number of carbonyl (C=O) groups excluding carboxylic acids is 3. The zero-order valence-corrected chi connectivity index (χ0v) is 17.7. The predicted molar refractivity (Wildman–Crippen MR) is 121 cm³/mol. The van der Waals surface area contributed by atoms with Crippen LogP contribution in [0, 0.1) is 5.41 Å². The Balaban J connectivity index is 1.84. The Morgan fingerprint density at radius 1 is 0.781 bits per heavy atom. The molecule has 3 aromatic carbocycles. The molecule has 0 radical (unpaired) electrons. The molecule has 32 heavy (non-hydrogen) atoms. The van der Waals surface area contributed by atoms with Crippen LogP contribution in [0.1, 0.15) is 50.1 Å². The van der Waals surface area contributed by atoms with Gasteiger partial charge < -0.3 is 4.74 Å². The maximum Gasteiger partial charge on any atom is 0.334 e. The molecule has 0 N–H and O–H groups in total. The van der Waals surface area contributed by atoms with Crippen molar-refractivity contribution in [3.63, 3.8) is 0 Å². The van der Waals surface area contributed by atoms with Crippen LogP contribution in [0.25, 0.3) is 0 Å². The van der Waals surface area contributed by atoms with E-state index in [4.69, 9.17) is 4.74 Å². The summed E-state index contributed by atoms with van der Waals surface area (Å²) in [7, 11) is 1.29. The molecule has 0 heterocycles. The first kappa shape index (κ1) is 20.1. The van der Waals surface area contributed by atoms with E-state index < -0.39 is 17.3 Å². The lowest BCUT2D eigenvalue weighted by molar-refractivity contribution is -0.137. The number of rotatable bonds is 3. The first-order valence-corrected chi connectivity index (χ1v) is 10.7. The van der Waals surface area contributed by atoms with Crippen molar-refractivity contribution in [2.24, 2.45) is 5.41 Å². The summed E-state index contributed by atoms with van der Waals surface area (Å²) in [5.74, 6) is -1.99. The molecule has 0 bridgehead atoms. The van der Waals surface area contributed by atoms with Crippen LogP contribution in [-0.4, -0.2) is 24.6 Å². The summed E-state index contributed by atoms with van der Waals surface area (Å²) in [6.45, 7) is 0. The number of methoxy groups -OCH3 is 1. The van der Waals surface area contributed by atoms with Crippen LogP contribution in [0.3, 0.4) is 0 Å². The van der Waals surface area contributed by atoms with Gasteiger partial charge in [-0.2, -0.15) is 0 Å². The number of carbonyl (C=O) groups is 3. The van der Waals surface area contributed by atoms with Crippen molar-refractivity contribution < 1.29 is 19.1 Å². The first-order chi connectivity index (χ1) is 15.6. The molecular weight excluding hydrogens is 400 g/mol. The van der Waals surface area contributed by atoms with E-state index in [0.29, 0.717) is 17.5 Å². The van der Waals surface area contributed by atoms with E-state index in [1.165, 1.54) is 7.11 Å². The Bertz CT molecular complexity index is 1210. The van der Waals surface area contributed by atoms with Gasteiger partial charge >= 0.3 is 5.97 Å². The molecule has 3 aromatic rings. The van der Waals surface area contributed by atoms with E-state index in [2.05, 4.69) is 0 Å². The molecule has 4 heteroatoms. The van der Waals surface area contributed by atoms with E-state index in [1.54, 1.807) is 30.3 Å². The van der Waals surface area contributed by atoms with Crippen LogP contribution in [0.5, 0.6) is 0 Å². The minimum Gasteiger partial charge on any atom is -0.466 e. The monoisotopic (exact) mass is 422 g/mol. The lowest BCUT2D eigenvalue weighted by Crippen LogP contribution is -2.48. The highest BCUT2D eigenvalue weighted by Crippen LogP contribution is 2.60. The molecule has 158 valence electrons. The third kappa shape index (κ3) is 2.72. The summed E-state index contributed by atoms with van der Waals surface area (Å²) in [4.78, 5) is 41.2. The summed E-state index contributed by atoms with van der Waals surface area (Å²) in [6.07, 6.45) is 2.26. The Kier molecular flexibility index (Phi) is 4.86. The molecule has 0 aromatic heterocycles. The molecule has 5 rings (SSSR count). The Labute approximate surface area is 186 Å². The molecule has 0 unspecified atom stereocenters. The highest BCUT2D eigenvalue weighted by molar-refractivity contribution is 6.34. The summed E-state index contributed by atoms with van der Waals surface area (Å²) in [5.41, 5.74) is 1.09. The Morgan fingerprint density at radius 2 is 1.28 bits per heavy atom. The van der Waals surface area contributed by atoms with Gasteiger partial charge in [0.25, 0.3) is 0 Å². The topological polar surface area (TPSA) is 60.4 Å². The predicted octanol–water partition coefficient (Wildman–Crippen LogP) is 5.12. The van der Waals surface area contributed by atoms with Gasteiger partial charge in [0.05, 0.1) is 12.7 Å². The number of benzene rings is 3. The smallest absolute Gasteiger partial charge is 0.334 e. The van der Waals surface area contributed by atoms with E-state index in [1.807, 2.05) is 60.7 Å². The molecule has 0 saturated carbocycles. The second-order valence-electron chi connectivity index (χ2n) is 8.26. The maximum absolute atomic E-state index is 14.1. The van der Waals surface area contributed by atoms with Crippen LogP contribution < -0.4 is 0 Å². The zero-order valence-electron chi connectivity index (χ0n) is 17.7. The molecule has 2 aliphatic rings. The highest BCUT2D eigenvalue weighted by Gasteiger charge is 2.64. The molecular formula is C28H22O4. The quantitative estimate of drug-likeness (QED) is 0.434.